The van der Waals surface area contributed by atoms with Gasteiger partial charge in [-0.25, -0.2) is 4.39 Å². The van der Waals surface area contributed by atoms with Gasteiger partial charge in [-0.15, -0.1) is 5.92 Å². The minimum Gasteiger partial charge on any atom is -0.293 e. The number of hydrogen-bond donors (Lipinski definition) is 0. The van der Waals surface area contributed by atoms with Gasteiger partial charge in [0.05, 0.1) is 17.5 Å². The van der Waals surface area contributed by atoms with Gasteiger partial charge in [0.2, 0.25) is 0 Å². The molecule has 1 aromatic carbocycles. The van der Waals surface area contributed by atoms with Gasteiger partial charge in [0, 0.05) is 0 Å². The molecule has 0 bridgehead atoms. The number of Topliss-reactive ketones (excluding diaryl/α,β-unsaturated/α-hetero) is 1. The monoisotopic (exact) mass is 244 g/mol. The van der Waals surface area contributed by atoms with Crippen LogP contribution in [0.15, 0.2) is 18.2 Å². The van der Waals surface area contributed by atoms with Gasteiger partial charge in [-0.05, 0) is 25.1 Å². The molecule has 0 saturated heterocycles. The van der Waals surface area contributed by atoms with E-state index in [9.17, 15) is 22.4 Å². The third-order valence-corrected chi connectivity index (χ3v) is 2.02. The molecule has 17 heavy (non-hydrogen) atoms. The quantitative estimate of drug-likeness (QED) is 0.442. The lowest BCUT2D eigenvalue weighted by Crippen LogP contribution is -2.09. The van der Waals surface area contributed by atoms with Crippen molar-refractivity contribution in [2.24, 2.45) is 0 Å². The van der Waals surface area contributed by atoms with Crippen molar-refractivity contribution in [1.82, 2.24) is 0 Å². The number of hydrogen-bond acceptors (Lipinski definition) is 1. The highest BCUT2D eigenvalue weighted by atomic mass is 19.4. The van der Waals surface area contributed by atoms with E-state index in [1.54, 1.807) is 0 Å². The SMILES string of the molecule is CC#CCC(=O)c1cc(C(F)(F)F)ccc1F. The Morgan fingerprint density at radius 1 is 1.35 bits per heavy atom. The van der Waals surface area contributed by atoms with Crippen LogP contribution in [0.4, 0.5) is 17.6 Å². The van der Waals surface area contributed by atoms with Crippen molar-refractivity contribution in [3.05, 3.63) is 35.1 Å². The molecule has 0 radical (unpaired) electrons. The number of benzene rings is 1. The second-order valence-corrected chi connectivity index (χ2v) is 3.22. The molecule has 0 spiro atoms. The van der Waals surface area contributed by atoms with E-state index in [2.05, 4.69) is 11.8 Å². The fraction of sp³-hybridized carbons (Fsp3) is 0.250. The van der Waals surface area contributed by atoms with E-state index >= 15 is 0 Å². The number of rotatable bonds is 2. The molecule has 0 aliphatic rings. The molecule has 0 heterocycles. The third kappa shape index (κ3) is 3.31. The summed E-state index contributed by atoms with van der Waals surface area (Å²) in [5.41, 5.74) is -1.63. The van der Waals surface area contributed by atoms with Crippen LogP contribution in [0, 0.1) is 17.7 Å². The van der Waals surface area contributed by atoms with Gasteiger partial charge < -0.3 is 0 Å². The second-order valence-electron chi connectivity index (χ2n) is 3.22. The fourth-order valence-electron chi connectivity index (χ4n) is 1.18. The Morgan fingerprint density at radius 2 is 2.00 bits per heavy atom. The van der Waals surface area contributed by atoms with Gasteiger partial charge in [-0.1, -0.05) is 5.92 Å². The number of halogens is 4. The summed E-state index contributed by atoms with van der Waals surface area (Å²) in [4.78, 5) is 11.4. The van der Waals surface area contributed by atoms with Gasteiger partial charge in [-0.2, -0.15) is 13.2 Å². The van der Waals surface area contributed by atoms with E-state index in [1.165, 1.54) is 6.92 Å². The zero-order valence-corrected chi connectivity index (χ0v) is 8.86. The van der Waals surface area contributed by atoms with E-state index in [1.807, 2.05) is 0 Å². The summed E-state index contributed by atoms with van der Waals surface area (Å²) in [6.07, 6.45) is -4.89. The van der Waals surface area contributed by atoms with Crippen LogP contribution < -0.4 is 0 Å². The van der Waals surface area contributed by atoms with Crippen molar-refractivity contribution in [3.8, 4) is 11.8 Å². The van der Waals surface area contributed by atoms with Crippen LogP contribution in [0.1, 0.15) is 29.3 Å². The molecule has 5 heteroatoms. The summed E-state index contributed by atoms with van der Waals surface area (Å²) in [7, 11) is 0. The molecule has 0 atom stereocenters. The Kier molecular flexibility index (Phi) is 3.89. The fourth-order valence-corrected chi connectivity index (χ4v) is 1.18. The molecule has 0 aromatic heterocycles. The first kappa shape index (κ1) is 13.2. The van der Waals surface area contributed by atoms with Gasteiger partial charge >= 0.3 is 6.18 Å². The van der Waals surface area contributed by atoms with Crippen molar-refractivity contribution in [1.29, 1.82) is 0 Å². The molecule has 0 amide bonds. The number of carbonyl (C=O) groups excluding carboxylic acids is 1. The molecule has 1 aromatic rings. The molecule has 0 N–H and O–H groups in total. The zero-order chi connectivity index (χ0) is 13.1. The van der Waals surface area contributed by atoms with Crippen LogP contribution in [0.25, 0.3) is 0 Å². The summed E-state index contributed by atoms with van der Waals surface area (Å²) in [6, 6.07) is 1.74. The van der Waals surface area contributed by atoms with Gasteiger partial charge in [0.1, 0.15) is 5.82 Å². The van der Waals surface area contributed by atoms with Crippen LogP contribution in [0.5, 0.6) is 0 Å². The van der Waals surface area contributed by atoms with Crippen molar-refractivity contribution < 1.29 is 22.4 Å². The summed E-state index contributed by atoms with van der Waals surface area (Å²) in [5, 5.41) is 0. The lowest BCUT2D eigenvalue weighted by atomic mass is 10.0. The molecule has 0 aliphatic carbocycles. The average Bonchev–Trinajstić information content (AvgIpc) is 2.24. The molecule has 0 aliphatic heterocycles. The summed E-state index contributed by atoms with van der Waals surface area (Å²) >= 11 is 0. The molecule has 1 nitrogen and oxygen atoms in total. The van der Waals surface area contributed by atoms with Crippen LogP contribution >= 0.6 is 0 Å². The van der Waals surface area contributed by atoms with Gasteiger partial charge in [0.25, 0.3) is 0 Å². The van der Waals surface area contributed by atoms with Crippen LogP contribution in [-0.4, -0.2) is 5.78 Å². The molecule has 0 unspecified atom stereocenters. The first-order valence-electron chi connectivity index (χ1n) is 4.66. The van der Waals surface area contributed by atoms with E-state index in [0.29, 0.717) is 18.2 Å². The predicted octanol–water partition coefficient (Wildman–Crippen LogP) is 3.44. The molecule has 0 saturated carbocycles. The topological polar surface area (TPSA) is 17.1 Å². The van der Waals surface area contributed by atoms with Gasteiger partial charge in [-0.3, -0.25) is 4.79 Å². The lowest BCUT2D eigenvalue weighted by Gasteiger charge is -2.08. The molecule has 90 valence electrons. The van der Waals surface area contributed by atoms with Crippen LogP contribution in [0.2, 0.25) is 0 Å². The van der Waals surface area contributed by atoms with Crippen molar-refractivity contribution >= 4 is 5.78 Å². The number of ketones is 1. The highest BCUT2D eigenvalue weighted by Gasteiger charge is 2.31. The largest absolute Gasteiger partial charge is 0.416 e. The highest BCUT2D eigenvalue weighted by molar-refractivity contribution is 5.98. The molecule has 0 fully saturated rings. The molecular weight excluding hydrogens is 236 g/mol. The summed E-state index contributed by atoms with van der Waals surface area (Å²) in [6.45, 7) is 1.48. The number of alkyl halides is 3. The van der Waals surface area contributed by atoms with Crippen LogP contribution in [-0.2, 0) is 6.18 Å². The summed E-state index contributed by atoms with van der Waals surface area (Å²) in [5.74, 6) is 3.07. The number of carbonyl (C=O) groups is 1. The Balaban J connectivity index is 3.14. The maximum absolute atomic E-state index is 13.2. The van der Waals surface area contributed by atoms with E-state index in [0.717, 1.165) is 0 Å². The maximum atomic E-state index is 13.2. The maximum Gasteiger partial charge on any atom is 0.416 e. The Bertz CT molecular complexity index is 491. The smallest absolute Gasteiger partial charge is 0.293 e. The van der Waals surface area contributed by atoms with E-state index in [4.69, 9.17) is 0 Å². The lowest BCUT2D eigenvalue weighted by molar-refractivity contribution is -0.137. The second kappa shape index (κ2) is 5.00. The molecule has 1 rings (SSSR count). The first-order valence-corrected chi connectivity index (χ1v) is 4.66. The standard InChI is InChI=1S/C12H8F4O/c1-2-3-4-11(17)9-7-8(12(14,15)16)5-6-10(9)13/h5-7H,4H2,1H3. The van der Waals surface area contributed by atoms with Crippen molar-refractivity contribution in [2.75, 3.05) is 0 Å². The zero-order valence-electron chi connectivity index (χ0n) is 8.86. The Labute approximate surface area is 95.4 Å². The van der Waals surface area contributed by atoms with Gasteiger partial charge in [0.15, 0.2) is 5.78 Å². The normalized spacial score (nSPS) is 10.6. The van der Waals surface area contributed by atoms with Crippen molar-refractivity contribution in [2.45, 2.75) is 19.5 Å². The minimum absolute atomic E-state index is 0.297. The average molecular weight is 244 g/mol. The Morgan fingerprint density at radius 3 is 2.53 bits per heavy atom. The van der Waals surface area contributed by atoms with Crippen LogP contribution in [0.3, 0.4) is 0 Å². The highest BCUT2D eigenvalue weighted by Crippen LogP contribution is 2.30. The van der Waals surface area contributed by atoms with Crippen molar-refractivity contribution in [3.63, 3.8) is 0 Å². The first-order chi connectivity index (χ1) is 7.86. The summed E-state index contributed by atoms with van der Waals surface area (Å²) < 4.78 is 50.3. The Hall–Kier alpha value is -1.83. The third-order valence-electron chi connectivity index (χ3n) is 2.02. The van der Waals surface area contributed by atoms with E-state index in [-0.39, 0.29) is 6.42 Å². The molecular formula is C12H8F4O. The van der Waals surface area contributed by atoms with E-state index < -0.39 is 28.9 Å². The minimum atomic E-state index is -4.60. The predicted molar refractivity (Wildman–Crippen MR) is 53.8 cm³/mol.